The number of hydrogen-bond acceptors (Lipinski definition) is 4. The highest BCUT2D eigenvalue weighted by molar-refractivity contribution is 5.87. The molecule has 0 aromatic rings. The maximum Gasteiger partial charge on any atom is 0.331 e. The molecule has 0 radical (unpaired) electrons. The van der Waals surface area contributed by atoms with Gasteiger partial charge in [-0.1, -0.05) is 6.92 Å². The number of ether oxygens (including phenoxy) is 1. The number of carbonyl (C=O) groups excluding carboxylic acids is 1. The van der Waals surface area contributed by atoms with Crippen LogP contribution in [0.1, 0.15) is 19.8 Å². The third-order valence-corrected chi connectivity index (χ3v) is 2.75. The Kier molecular flexibility index (Phi) is 4.26. The van der Waals surface area contributed by atoms with Gasteiger partial charge in [0.2, 0.25) is 5.91 Å². The molecule has 1 fully saturated rings. The number of nitrogens with two attached hydrogens (primary N) is 1. The lowest BCUT2D eigenvalue weighted by atomic mass is 9.98. The number of aliphatic carboxylic acids is 1. The van der Waals surface area contributed by atoms with Crippen LogP contribution in [0.4, 0.5) is 0 Å². The Morgan fingerprint density at radius 2 is 2.31 bits per heavy atom. The number of carboxylic acids is 1. The fourth-order valence-corrected chi connectivity index (χ4v) is 1.60. The Hall–Kier alpha value is -1.14. The molecule has 4 N–H and O–H groups in total. The van der Waals surface area contributed by atoms with Gasteiger partial charge in [-0.15, -0.1) is 0 Å². The van der Waals surface area contributed by atoms with Gasteiger partial charge in [-0.3, -0.25) is 4.79 Å². The standard InChI is InChI=1S/C10H18N2O4/c1-7(5-11)4-8(13)12-10(9(14)15)2-3-16-6-10/h7H,2-6,11H2,1H3,(H,12,13)(H,14,15). The van der Waals surface area contributed by atoms with E-state index >= 15 is 0 Å². The van der Waals surface area contributed by atoms with Crippen molar-refractivity contribution in [2.75, 3.05) is 19.8 Å². The molecule has 16 heavy (non-hydrogen) atoms. The van der Waals surface area contributed by atoms with Crippen molar-refractivity contribution < 1.29 is 19.4 Å². The first kappa shape index (κ1) is 12.9. The molecule has 0 aromatic carbocycles. The number of carboxylic acid groups (broad SMARTS) is 1. The van der Waals surface area contributed by atoms with Crippen molar-refractivity contribution in [1.29, 1.82) is 0 Å². The van der Waals surface area contributed by atoms with E-state index in [1.807, 2.05) is 6.92 Å². The molecule has 1 heterocycles. The van der Waals surface area contributed by atoms with E-state index in [4.69, 9.17) is 15.6 Å². The number of rotatable bonds is 5. The summed E-state index contributed by atoms with van der Waals surface area (Å²) in [4.78, 5) is 22.7. The smallest absolute Gasteiger partial charge is 0.331 e. The van der Waals surface area contributed by atoms with Crippen molar-refractivity contribution in [2.45, 2.75) is 25.3 Å². The van der Waals surface area contributed by atoms with Crippen molar-refractivity contribution in [1.82, 2.24) is 5.32 Å². The average Bonchev–Trinajstić information content (AvgIpc) is 2.67. The maximum absolute atomic E-state index is 11.6. The molecule has 2 unspecified atom stereocenters. The fourth-order valence-electron chi connectivity index (χ4n) is 1.60. The number of amides is 1. The third kappa shape index (κ3) is 2.93. The summed E-state index contributed by atoms with van der Waals surface area (Å²) in [6.45, 7) is 2.65. The van der Waals surface area contributed by atoms with Gasteiger partial charge in [-0.05, 0) is 12.5 Å². The largest absolute Gasteiger partial charge is 0.479 e. The minimum Gasteiger partial charge on any atom is -0.479 e. The van der Waals surface area contributed by atoms with Gasteiger partial charge in [-0.2, -0.15) is 0 Å². The molecule has 0 bridgehead atoms. The Morgan fingerprint density at radius 1 is 1.62 bits per heavy atom. The summed E-state index contributed by atoms with van der Waals surface area (Å²) in [5.74, 6) is -1.28. The van der Waals surface area contributed by atoms with Gasteiger partial charge in [0.1, 0.15) is 0 Å². The van der Waals surface area contributed by atoms with E-state index in [0.717, 1.165) is 0 Å². The molecule has 0 aliphatic carbocycles. The lowest BCUT2D eigenvalue weighted by Gasteiger charge is -2.24. The van der Waals surface area contributed by atoms with E-state index in [1.54, 1.807) is 0 Å². The quantitative estimate of drug-likeness (QED) is 0.581. The van der Waals surface area contributed by atoms with Gasteiger partial charge < -0.3 is 20.9 Å². The molecule has 6 nitrogen and oxygen atoms in total. The summed E-state index contributed by atoms with van der Waals surface area (Å²) in [5.41, 5.74) is 4.16. The molecule has 2 atom stereocenters. The summed E-state index contributed by atoms with van der Waals surface area (Å²) in [7, 11) is 0. The highest BCUT2D eigenvalue weighted by atomic mass is 16.5. The minimum absolute atomic E-state index is 0.0328. The second-order valence-corrected chi connectivity index (χ2v) is 4.28. The van der Waals surface area contributed by atoms with Crippen molar-refractivity contribution in [3.63, 3.8) is 0 Å². The van der Waals surface area contributed by atoms with Crippen molar-refractivity contribution in [3.05, 3.63) is 0 Å². The van der Waals surface area contributed by atoms with Gasteiger partial charge in [0, 0.05) is 19.4 Å². The van der Waals surface area contributed by atoms with Crippen molar-refractivity contribution in [2.24, 2.45) is 11.7 Å². The Morgan fingerprint density at radius 3 is 2.75 bits per heavy atom. The first-order valence-corrected chi connectivity index (χ1v) is 5.32. The lowest BCUT2D eigenvalue weighted by molar-refractivity contribution is -0.147. The molecule has 1 rings (SSSR count). The molecule has 0 saturated carbocycles. The van der Waals surface area contributed by atoms with Gasteiger partial charge in [0.25, 0.3) is 0 Å². The van der Waals surface area contributed by atoms with Gasteiger partial charge in [-0.25, -0.2) is 4.79 Å². The number of hydrogen-bond donors (Lipinski definition) is 3. The zero-order valence-electron chi connectivity index (χ0n) is 9.36. The van der Waals surface area contributed by atoms with E-state index in [-0.39, 0.29) is 24.9 Å². The highest BCUT2D eigenvalue weighted by Crippen LogP contribution is 2.19. The molecular weight excluding hydrogens is 212 g/mol. The topological polar surface area (TPSA) is 102 Å². The Bertz CT molecular complexity index is 274. The fraction of sp³-hybridized carbons (Fsp3) is 0.800. The molecule has 1 aliphatic rings. The second-order valence-electron chi connectivity index (χ2n) is 4.28. The highest BCUT2D eigenvalue weighted by Gasteiger charge is 2.43. The summed E-state index contributed by atoms with van der Waals surface area (Å²) < 4.78 is 5.03. The molecule has 0 aromatic heterocycles. The van der Waals surface area contributed by atoms with Gasteiger partial charge in [0.15, 0.2) is 5.54 Å². The van der Waals surface area contributed by atoms with Crippen LogP contribution in [-0.2, 0) is 14.3 Å². The van der Waals surface area contributed by atoms with Crippen LogP contribution >= 0.6 is 0 Å². The predicted octanol–water partition coefficient (Wildman–Crippen LogP) is -0.669. The van der Waals surface area contributed by atoms with E-state index < -0.39 is 11.5 Å². The van der Waals surface area contributed by atoms with Gasteiger partial charge in [0.05, 0.1) is 6.61 Å². The van der Waals surface area contributed by atoms with Crippen LogP contribution in [0, 0.1) is 5.92 Å². The summed E-state index contributed by atoms with van der Waals surface area (Å²) >= 11 is 0. The molecule has 0 spiro atoms. The molecule has 6 heteroatoms. The van der Waals surface area contributed by atoms with Crippen LogP contribution in [0.15, 0.2) is 0 Å². The molecule has 1 aliphatic heterocycles. The summed E-state index contributed by atoms with van der Waals surface area (Å²) in [6.07, 6.45) is 0.552. The van der Waals surface area contributed by atoms with Gasteiger partial charge >= 0.3 is 5.97 Å². The average molecular weight is 230 g/mol. The molecular formula is C10H18N2O4. The Balaban J connectivity index is 2.56. The normalized spacial score (nSPS) is 26.4. The number of carbonyl (C=O) groups is 2. The van der Waals surface area contributed by atoms with Crippen molar-refractivity contribution >= 4 is 11.9 Å². The molecule has 92 valence electrons. The van der Waals surface area contributed by atoms with Crippen LogP contribution in [0.5, 0.6) is 0 Å². The first-order valence-electron chi connectivity index (χ1n) is 5.32. The van der Waals surface area contributed by atoms with Crippen LogP contribution in [0.3, 0.4) is 0 Å². The SMILES string of the molecule is CC(CN)CC(=O)NC1(C(=O)O)CCOC1. The Labute approximate surface area is 94.1 Å². The monoisotopic (exact) mass is 230 g/mol. The predicted molar refractivity (Wildman–Crippen MR) is 56.8 cm³/mol. The zero-order valence-corrected chi connectivity index (χ0v) is 9.36. The van der Waals surface area contributed by atoms with E-state index in [2.05, 4.69) is 5.32 Å². The molecule has 1 amide bonds. The second kappa shape index (κ2) is 5.27. The van der Waals surface area contributed by atoms with Crippen LogP contribution < -0.4 is 11.1 Å². The van der Waals surface area contributed by atoms with Crippen LogP contribution in [0.2, 0.25) is 0 Å². The summed E-state index contributed by atoms with van der Waals surface area (Å²) in [6, 6.07) is 0. The zero-order chi connectivity index (χ0) is 12.2. The maximum atomic E-state index is 11.6. The van der Waals surface area contributed by atoms with E-state index in [9.17, 15) is 9.59 Å². The minimum atomic E-state index is -1.24. The van der Waals surface area contributed by atoms with Crippen LogP contribution in [0.25, 0.3) is 0 Å². The number of nitrogens with one attached hydrogen (secondary N) is 1. The lowest BCUT2D eigenvalue weighted by Crippen LogP contribution is -2.55. The summed E-state index contributed by atoms with van der Waals surface area (Å²) in [5, 5.41) is 11.6. The molecule has 1 saturated heterocycles. The van der Waals surface area contributed by atoms with E-state index in [0.29, 0.717) is 19.6 Å². The first-order chi connectivity index (χ1) is 7.50. The third-order valence-electron chi connectivity index (χ3n) is 2.75. The van der Waals surface area contributed by atoms with Crippen molar-refractivity contribution in [3.8, 4) is 0 Å². The van der Waals surface area contributed by atoms with E-state index in [1.165, 1.54) is 0 Å². The van der Waals surface area contributed by atoms with Crippen LogP contribution in [-0.4, -0.2) is 42.3 Å².